The van der Waals surface area contributed by atoms with E-state index in [1.165, 1.54) is 6.20 Å². The van der Waals surface area contributed by atoms with Gasteiger partial charge in [0.25, 0.3) is 5.91 Å². The third-order valence-electron chi connectivity index (χ3n) is 5.13. The standard InChI is InChI=1S/C22H17BrFN5O2/c1-12-5-6-13(20-27-22(31-28-20)17-9-18(17)24)7-19(12)26-21(30)14-10-25-29(11-14)16-4-2-3-15(23)8-16/h2-8,10-11,17-18H,9H2,1H3,(H,26,30)/t17-,18-/m0/s1. The molecule has 31 heavy (non-hydrogen) atoms. The Bertz CT molecular complexity index is 1280. The summed E-state index contributed by atoms with van der Waals surface area (Å²) in [7, 11) is 0. The van der Waals surface area contributed by atoms with E-state index in [-0.39, 0.29) is 11.8 Å². The minimum absolute atomic E-state index is 0.284. The number of aryl methyl sites for hydroxylation is 1. The fourth-order valence-corrected chi connectivity index (χ4v) is 3.60. The van der Waals surface area contributed by atoms with Gasteiger partial charge in [-0.1, -0.05) is 39.3 Å². The van der Waals surface area contributed by atoms with Gasteiger partial charge in [-0.3, -0.25) is 4.79 Å². The van der Waals surface area contributed by atoms with E-state index in [0.717, 1.165) is 15.7 Å². The quantitative estimate of drug-likeness (QED) is 0.429. The van der Waals surface area contributed by atoms with Crippen molar-refractivity contribution in [1.82, 2.24) is 19.9 Å². The van der Waals surface area contributed by atoms with Gasteiger partial charge in [0.05, 0.1) is 23.4 Å². The summed E-state index contributed by atoms with van der Waals surface area (Å²) in [6, 6.07) is 13.1. The van der Waals surface area contributed by atoms with Gasteiger partial charge in [-0.05, 0) is 43.2 Å². The molecule has 1 saturated carbocycles. The molecular formula is C22H17BrFN5O2. The highest BCUT2D eigenvalue weighted by Crippen LogP contribution is 2.43. The van der Waals surface area contributed by atoms with Crippen LogP contribution < -0.4 is 5.32 Å². The van der Waals surface area contributed by atoms with Crippen molar-refractivity contribution in [3.8, 4) is 17.1 Å². The lowest BCUT2D eigenvalue weighted by atomic mass is 10.1. The Morgan fingerprint density at radius 1 is 1.29 bits per heavy atom. The van der Waals surface area contributed by atoms with Crippen molar-refractivity contribution < 1.29 is 13.7 Å². The van der Waals surface area contributed by atoms with Crippen LogP contribution in [0.15, 0.2) is 63.9 Å². The lowest BCUT2D eigenvalue weighted by Crippen LogP contribution is -2.12. The van der Waals surface area contributed by atoms with Gasteiger partial charge in [-0.25, -0.2) is 9.07 Å². The van der Waals surface area contributed by atoms with Crippen LogP contribution in [0.4, 0.5) is 10.1 Å². The van der Waals surface area contributed by atoms with Crippen LogP contribution in [0.2, 0.25) is 0 Å². The molecule has 1 N–H and O–H groups in total. The second kappa shape index (κ2) is 7.73. The SMILES string of the molecule is Cc1ccc(-c2noc([C@H]3C[C@@H]3F)n2)cc1NC(=O)c1cnn(-c2cccc(Br)c2)c1. The first-order valence-corrected chi connectivity index (χ1v) is 10.5. The van der Waals surface area contributed by atoms with Crippen LogP contribution in [0.1, 0.15) is 34.2 Å². The van der Waals surface area contributed by atoms with E-state index < -0.39 is 6.17 Å². The van der Waals surface area contributed by atoms with Gasteiger partial charge in [0, 0.05) is 21.9 Å². The van der Waals surface area contributed by atoms with Gasteiger partial charge in [-0.15, -0.1) is 0 Å². The summed E-state index contributed by atoms with van der Waals surface area (Å²) < 4.78 is 21.0. The lowest BCUT2D eigenvalue weighted by molar-refractivity contribution is 0.102. The molecule has 156 valence electrons. The second-order valence-electron chi connectivity index (χ2n) is 7.45. The average molecular weight is 482 g/mol. The number of aromatic nitrogens is 4. The zero-order valence-corrected chi connectivity index (χ0v) is 18.0. The number of nitrogens with zero attached hydrogens (tertiary/aromatic N) is 4. The molecular weight excluding hydrogens is 465 g/mol. The van der Waals surface area contributed by atoms with Crippen molar-refractivity contribution in [3.05, 3.63) is 76.3 Å². The van der Waals surface area contributed by atoms with Gasteiger partial charge in [0.2, 0.25) is 11.7 Å². The highest BCUT2D eigenvalue weighted by Gasteiger charge is 2.43. The van der Waals surface area contributed by atoms with Crippen molar-refractivity contribution in [2.24, 2.45) is 0 Å². The minimum Gasteiger partial charge on any atom is -0.339 e. The maximum atomic E-state index is 13.2. The molecule has 2 aromatic heterocycles. The van der Waals surface area contributed by atoms with Crippen LogP contribution in [-0.2, 0) is 0 Å². The average Bonchev–Trinajstić information content (AvgIpc) is 3.15. The Balaban J connectivity index is 1.36. The number of hydrogen-bond acceptors (Lipinski definition) is 5. The molecule has 1 aliphatic carbocycles. The van der Waals surface area contributed by atoms with Crippen molar-refractivity contribution in [1.29, 1.82) is 0 Å². The molecule has 9 heteroatoms. The summed E-state index contributed by atoms with van der Waals surface area (Å²) in [6.07, 6.45) is 2.71. The Labute approximate surface area is 185 Å². The number of alkyl halides is 1. The van der Waals surface area contributed by atoms with Crippen molar-refractivity contribution in [2.75, 3.05) is 5.32 Å². The maximum absolute atomic E-state index is 13.2. The van der Waals surface area contributed by atoms with Crippen molar-refractivity contribution in [3.63, 3.8) is 0 Å². The summed E-state index contributed by atoms with van der Waals surface area (Å²) in [4.78, 5) is 17.1. The number of hydrogen-bond donors (Lipinski definition) is 1. The lowest BCUT2D eigenvalue weighted by Gasteiger charge is -2.08. The Morgan fingerprint density at radius 2 is 2.13 bits per heavy atom. The molecule has 0 spiro atoms. The molecule has 0 bridgehead atoms. The van der Waals surface area contributed by atoms with Gasteiger partial charge in [0.15, 0.2) is 0 Å². The zero-order valence-electron chi connectivity index (χ0n) is 16.4. The predicted octanol–water partition coefficient (Wildman–Crippen LogP) is 5.07. The van der Waals surface area contributed by atoms with E-state index in [2.05, 4.69) is 36.5 Å². The highest BCUT2D eigenvalue weighted by molar-refractivity contribution is 9.10. The molecule has 0 aliphatic heterocycles. The van der Waals surface area contributed by atoms with Crippen molar-refractivity contribution in [2.45, 2.75) is 25.4 Å². The summed E-state index contributed by atoms with van der Waals surface area (Å²) in [5.41, 5.74) is 3.45. The summed E-state index contributed by atoms with van der Waals surface area (Å²) in [5, 5.41) is 11.1. The first-order valence-electron chi connectivity index (χ1n) is 9.68. The van der Waals surface area contributed by atoms with E-state index in [4.69, 9.17) is 4.52 Å². The topological polar surface area (TPSA) is 85.8 Å². The fraction of sp³-hybridized carbons (Fsp3) is 0.182. The van der Waals surface area contributed by atoms with E-state index in [1.54, 1.807) is 16.9 Å². The Kier molecular flexibility index (Phi) is 4.90. The van der Waals surface area contributed by atoms with Crippen LogP contribution >= 0.6 is 15.9 Å². The number of nitrogens with one attached hydrogen (secondary N) is 1. The van der Waals surface area contributed by atoms with Gasteiger partial charge >= 0.3 is 0 Å². The third-order valence-corrected chi connectivity index (χ3v) is 5.63. The first-order chi connectivity index (χ1) is 15.0. The largest absolute Gasteiger partial charge is 0.339 e. The maximum Gasteiger partial charge on any atom is 0.258 e. The number of rotatable bonds is 5. The molecule has 0 unspecified atom stereocenters. The number of carbonyl (C=O) groups is 1. The molecule has 0 saturated heterocycles. The Morgan fingerprint density at radius 3 is 2.90 bits per heavy atom. The number of carbonyl (C=O) groups excluding carboxylic acids is 1. The van der Waals surface area contributed by atoms with Gasteiger partial charge in [0.1, 0.15) is 6.17 Å². The van der Waals surface area contributed by atoms with Crippen LogP contribution in [0.3, 0.4) is 0 Å². The molecule has 1 aliphatic rings. The van der Waals surface area contributed by atoms with Crippen LogP contribution in [0.5, 0.6) is 0 Å². The number of amides is 1. The molecule has 0 radical (unpaired) electrons. The van der Waals surface area contributed by atoms with Crippen LogP contribution in [0, 0.1) is 6.92 Å². The summed E-state index contributed by atoms with van der Waals surface area (Å²) in [5.74, 6) is 0.0990. The normalized spacial score (nSPS) is 17.5. The second-order valence-corrected chi connectivity index (χ2v) is 8.37. The number of benzene rings is 2. The molecule has 2 atom stereocenters. The summed E-state index contributed by atoms with van der Waals surface area (Å²) in [6.45, 7) is 1.89. The van der Waals surface area contributed by atoms with E-state index in [9.17, 15) is 9.18 Å². The molecule has 2 aromatic carbocycles. The first kappa shape index (κ1) is 19.6. The minimum atomic E-state index is -0.904. The zero-order chi connectivity index (χ0) is 21.5. The van der Waals surface area contributed by atoms with E-state index >= 15 is 0 Å². The monoisotopic (exact) mass is 481 g/mol. The number of halogens is 2. The van der Waals surface area contributed by atoms with E-state index in [0.29, 0.717) is 35.0 Å². The smallest absolute Gasteiger partial charge is 0.258 e. The van der Waals surface area contributed by atoms with Gasteiger partial charge < -0.3 is 9.84 Å². The molecule has 2 heterocycles. The third kappa shape index (κ3) is 4.00. The van der Waals surface area contributed by atoms with Gasteiger partial charge in [-0.2, -0.15) is 10.1 Å². The molecule has 5 rings (SSSR count). The van der Waals surface area contributed by atoms with E-state index in [1.807, 2.05) is 43.3 Å². The Hall–Kier alpha value is -3.33. The predicted molar refractivity (Wildman–Crippen MR) is 116 cm³/mol. The summed E-state index contributed by atoms with van der Waals surface area (Å²) >= 11 is 3.43. The number of anilines is 1. The molecule has 7 nitrogen and oxygen atoms in total. The van der Waals surface area contributed by atoms with Crippen molar-refractivity contribution >= 4 is 27.5 Å². The molecule has 4 aromatic rings. The molecule has 1 fully saturated rings. The van der Waals surface area contributed by atoms with Crippen LogP contribution in [-0.4, -0.2) is 32.0 Å². The fourth-order valence-electron chi connectivity index (χ4n) is 3.21. The van der Waals surface area contributed by atoms with Crippen LogP contribution in [0.25, 0.3) is 17.1 Å². The highest BCUT2D eigenvalue weighted by atomic mass is 79.9. The molecule has 1 amide bonds.